The van der Waals surface area contributed by atoms with E-state index in [0.29, 0.717) is 6.54 Å². The second-order valence-electron chi connectivity index (χ2n) is 5.03. The van der Waals surface area contributed by atoms with Crippen LogP contribution >= 0.6 is 23.7 Å². The Morgan fingerprint density at radius 2 is 2.09 bits per heavy atom. The first-order chi connectivity index (χ1) is 10.1. The van der Waals surface area contributed by atoms with E-state index in [4.69, 9.17) is 0 Å². The molecule has 0 radical (unpaired) electrons. The number of nitrogens with one attached hydrogen (secondary N) is 1. The van der Waals surface area contributed by atoms with Crippen molar-refractivity contribution in [1.29, 1.82) is 0 Å². The highest BCUT2D eigenvalue weighted by atomic mass is 35.5. The van der Waals surface area contributed by atoms with Gasteiger partial charge in [-0.2, -0.15) is 0 Å². The third-order valence-electron chi connectivity index (χ3n) is 3.46. The Kier molecular flexibility index (Phi) is 7.51. The van der Waals surface area contributed by atoms with Crippen LogP contribution < -0.4 is 5.32 Å². The highest BCUT2D eigenvalue weighted by Crippen LogP contribution is 2.17. The number of benzene rings is 1. The number of carbonyl (C=O) groups excluding carboxylic acids is 1. The van der Waals surface area contributed by atoms with E-state index in [2.05, 4.69) is 10.3 Å². The smallest absolute Gasteiger partial charge is 0.254 e. The first-order valence-corrected chi connectivity index (χ1v) is 7.88. The fraction of sp³-hybridized carbons (Fsp3) is 0.375. The molecule has 1 aromatic carbocycles. The number of aromatic nitrogens is 1. The summed E-state index contributed by atoms with van der Waals surface area (Å²) in [7, 11) is 3.76. The average molecular weight is 340 g/mol. The van der Waals surface area contributed by atoms with Gasteiger partial charge < -0.3 is 10.2 Å². The predicted molar refractivity (Wildman–Crippen MR) is 94.0 cm³/mol. The largest absolute Gasteiger partial charge is 0.336 e. The number of hydrogen-bond donors (Lipinski definition) is 1. The van der Waals surface area contributed by atoms with Crippen molar-refractivity contribution in [2.75, 3.05) is 20.6 Å². The van der Waals surface area contributed by atoms with Crippen LogP contribution in [0, 0.1) is 6.92 Å². The Morgan fingerprint density at radius 3 is 2.73 bits per heavy atom. The van der Waals surface area contributed by atoms with Gasteiger partial charge >= 0.3 is 0 Å². The fourth-order valence-electron chi connectivity index (χ4n) is 2.18. The molecule has 2 aromatic rings. The second kappa shape index (κ2) is 8.88. The van der Waals surface area contributed by atoms with Gasteiger partial charge in [0.2, 0.25) is 0 Å². The maximum absolute atomic E-state index is 12.7. The van der Waals surface area contributed by atoms with Crippen molar-refractivity contribution in [3.8, 4) is 0 Å². The molecule has 0 saturated heterocycles. The molecule has 0 aliphatic heterocycles. The van der Waals surface area contributed by atoms with Crippen molar-refractivity contribution in [3.05, 3.63) is 51.5 Å². The van der Waals surface area contributed by atoms with Crippen LogP contribution in [0.1, 0.15) is 26.5 Å². The van der Waals surface area contributed by atoms with Crippen molar-refractivity contribution >= 4 is 29.7 Å². The minimum atomic E-state index is 0. The first-order valence-electron chi connectivity index (χ1n) is 7.00. The fourth-order valence-corrected chi connectivity index (χ4v) is 3.01. The van der Waals surface area contributed by atoms with Crippen molar-refractivity contribution in [2.24, 2.45) is 0 Å². The van der Waals surface area contributed by atoms with Crippen LogP contribution in [-0.2, 0) is 13.0 Å². The number of carbonyl (C=O) groups is 1. The van der Waals surface area contributed by atoms with E-state index in [-0.39, 0.29) is 18.3 Å². The molecule has 0 atom stereocenters. The van der Waals surface area contributed by atoms with E-state index in [1.165, 1.54) is 0 Å². The molecule has 4 nitrogen and oxygen atoms in total. The molecule has 0 saturated carbocycles. The number of rotatable bonds is 6. The lowest BCUT2D eigenvalue weighted by Crippen LogP contribution is -2.27. The third kappa shape index (κ3) is 4.53. The highest BCUT2D eigenvalue weighted by molar-refractivity contribution is 7.09. The summed E-state index contributed by atoms with van der Waals surface area (Å²) in [6.45, 7) is 3.45. The third-order valence-corrected chi connectivity index (χ3v) is 4.38. The molecule has 0 fully saturated rings. The molecule has 1 aromatic heterocycles. The minimum absolute atomic E-state index is 0. The van der Waals surface area contributed by atoms with Gasteiger partial charge in [0, 0.05) is 17.5 Å². The van der Waals surface area contributed by atoms with E-state index in [1.807, 2.05) is 50.8 Å². The van der Waals surface area contributed by atoms with Crippen LogP contribution in [0.3, 0.4) is 0 Å². The molecule has 1 N–H and O–H groups in total. The van der Waals surface area contributed by atoms with Gasteiger partial charge in [-0.3, -0.25) is 4.79 Å². The van der Waals surface area contributed by atoms with Gasteiger partial charge in [-0.25, -0.2) is 4.98 Å². The Bertz CT molecular complexity index is 615. The van der Waals surface area contributed by atoms with Crippen LogP contribution in [0.15, 0.2) is 29.8 Å². The van der Waals surface area contributed by atoms with Crippen LogP contribution in [-0.4, -0.2) is 36.4 Å². The van der Waals surface area contributed by atoms with Crippen LogP contribution in [0.2, 0.25) is 0 Å². The van der Waals surface area contributed by atoms with E-state index in [9.17, 15) is 4.79 Å². The zero-order valence-corrected chi connectivity index (χ0v) is 14.8. The number of hydrogen-bond acceptors (Lipinski definition) is 4. The molecule has 1 heterocycles. The molecule has 22 heavy (non-hydrogen) atoms. The van der Waals surface area contributed by atoms with E-state index < -0.39 is 0 Å². The van der Waals surface area contributed by atoms with Gasteiger partial charge in [-0.05, 0) is 38.6 Å². The average Bonchev–Trinajstić information content (AvgIpc) is 2.90. The summed E-state index contributed by atoms with van der Waals surface area (Å²) >= 11 is 1.59. The Morgan fingerprint density at radius 1 is 1.36 bits per heavy atom. The molecular formula is C16H22ClN3OS. The van der Waals surface area contributed by atoms with Gasteiger partial charge in [0.05, 0.1) is 17.7 Å². The zero-order chi connectivity index (χ0) is 15.2. The molecule has 1 amide bonds. The summed E-state index contributed by atoms with van der Waals surface area (Å²) in [6.07, 6.45) is 0.853. The van der Waals surface area contributed by atoms with E-state index in [0.717, 1.165) is 34.7 Å². The van der Waals surface area contributed by atoms with Gasteiger partial charge in [-0.15, -0.1) is 23.7 Å². The first kappa shape index (κ1) is 18.6. The van der Waals surface area contributed by atoms with Crippen LogP contribution in [0.4, 0.5) is 0 Å². The van der Waals surface area contributed by atoms with Gasteiger partial charge in [0.1, 0.15) is 0 Å². The standard InChI is InChI=1S/C16H21N3OS.ClH/c1-12-15(21-11-18-12)10-19(3)16(20)14-7-5-4-6-13(14)8-9-17-2;/h4-7,11,17H,8-10H2,1-3H3;1H. The number of aryl methyl sites for hydroxylation is 1. The Labute approximate surface area is 142 Å². The Hall–Kier alpha value is -1.43. The minimum Gasteiger partial charge on any atom is -0.336 e. The molecular weight excluding hydrogens is 318 g/mol. The van der Waals surface area contributed by atoms with Crippen molar-refractivity contribution in [3.63, 3.8) is 0 Å². The number of amides is 1. The topological polar surface area (TPSA) is 45.2 Å². The molecule has 120 valence electrons. The molecule has 0 aliphatic rings. The van der Waals surface area contributed by atoms with Crippen molar-refractivity contribution in [1.82, 2.24) is 15.2 Å². The number of likely N-dealkylation sites (N-methyl/N-ethyl adjacent to an activating group) is 1. The SMILES string of the molecule is CNCCc1ccccc1C(=O)N(C)Cc1scnc1C.Cl. The van der Waals surface area contributed by atoms with E-state index in [1.54, 1.807) is 16.2 Å². The molecule has 2 rings (SSSR count). The second-order valence-corrected chi connectivity index (χ2v) is 5.97. The molecule has 6 heteroatoms. The maximum Gasteiger partial charge on any atom is 0.254 e. The van der Waals surface area contributed by atoms with Crippen LogP contribution in [0.25, 0.3) is 0 Å². The quantitative estimate of drug-likeness (QED) is 0.880. The maximum atomic E-state index is 12.7. The summed E-state index contributed by atoms with van der Waals surface area (Å²) in [5, 5.41) is 3.12. The van der Waals surface area contributed by atoms with Gasteiger partial charge in [-0.1, -0.05) is 18.2 Å². The summed E-state index contributed by atoms with van der Waals surface area (Å²) in [5.74, 6) is 0.0644. The lowest BCUT2D eigenvalue weighted by molar-refractivity contribution is 0.0785. The molecule has 0 spiro atoms. The summed E-state index contributed by atoms with van der Waals surface area (Å²) < 4.78 is 0. The molecule has 0 unspecified atom stereocenters. The van der Waals surface area contributed by atoms with Crippen molar-refractivity contribution < 1.29 is 4.79 Å². The summed E-state index contributed by atoms with van der Waals surface area (Å²) in [6, 6.07) is 7.83. The molecule has 0 bridgehead atoms. The van der Waals surface area contributed by atoms with Gasteiger partial charge in [0.15, 0.2) is 0 Å². The van der Waals surface area contributed by atoms with Gasteiger partial charge in [0.25, 0.3) is 5.91 Å². The highest BCUT2D eigenvalue weighted by Gasteiger charge is 2.16. The summed E-state index contributed by atoms with van der Waals surface area (Å²) in [4.78, 5) is 19.8. The lowest BCUT2D eigenvalue weighted by atomic mass is 10.0. The van der Waals surface area contributed by atoms with E-state index >= 15 is 0 Å². The Balaban J connectivity index is 0.00000242. The van der Waals surface area contributed by atoms with Crippen LogP contribution in [0.5, 0.6) is 0 Å². The summed E-state index contributed by atoms with van der Waals surface area (Å²) in [5.41, 5.74) is 4.70. The predicted octanol–water partition coefficient (Wildman–Crippen LogP) is 2.91. The van der Waals surface area contributed by atoms with Crippen molar-refractivity contribution in [2.45, 2.75) is 19.9 Å². The zero-order valence-electron chi connectivity index (χ0n) is 13.1. The molecule has 0 aliphatic carbocycles. The monoisotopic (exact) mass is 339 g/mol. The number of halogens is 1. The normalized spacial score (nSPS) is 10.1. The number of nitrogens with zero attached hydrogens (tertiary/aromatic N) is 2. The number of thiazole rings is 1. The lowest BCUT2D eigenvalue weighted by Gasteiger charge is -2.18.